The first kappa shape index (κ1) is 25.3. The first-order valence-electron chi connectivity index (χ1n) is 10.9. The van der Waals surface area contributed by atoms with Gasteiger partial charge in [0, 0.05) is 21.1 Å². The fourth-order valence-electron chi connectivity index (χ4n) is 3.45. The standard InChI is InChI=1S/C26H22FIN4O4/c1-16(32-36-14-25(33)34)18-5-7-23-22(11-18)26(30-15-29-23)31-21-6-8-24(19(10-21)12-28)35-13-17-3-2-4-20(27)9-17/h2-11,15H,12-14H2,1H3,(H,33,34)(H,29,30,31)/b32-16+. The van der Waals surface area contributed by atoms with Crippen molar-refractivity contribution in [3.05, 3.63) is 89.5 Å². The van der Waals surface area contributed by atoms with Crippen LogP contribution in [0.4, 0.5) is 15.9 Å². The first-order valence-corrected chi connectivity index (χ1v) is 12.4. The Kier molecular flexibility index (Phi) is 8.26. The molecule has 36 heavy (non-hydrogen) atoms. The fourth-order valence-corrected chi connectivity index (χ4v) is 4.04. The van der Waals surface area contributed by atoms with Gasteiger partial charge in [-0.05, 0) is 60.5 Å². The molecule has 0 spiro atoms. The zero-order valence-electron chi connectivity index (χ0n) is 19.2. The number of aliphatic carboxylic acids is 1. The summed E-state index contributed by atoms with van der Waals surface area (Å²) in [7, 11) is 0. The Morgan fingerprint density at radius 3 is 2.78 bits per heavy atom. The number of nitrogens with one attached hydrogen (secondary N) is 1. The molecule has 1 heterocycles. The van der Waals surface area contributed by atoms with Gasteiger partial charge in [0.25, 0.3) is 0 Å². The normalized spacial score (nSPS) is 11.4. The first-order chi connectivity index (χ1) is 17.4. The van der Waals surface area contributed by atoms with Gasteiger partial charge >= 0.3 is 5.97 Å². The Morgan fingerprint density at radius 1 is 1.14 bits per heavy atom. The third kappa shape index (κ3) is 6.45. The molecule has 184 valence electrons. The van der Waals surface area contributed by atoms with Gasteiger partial charge < -0.3 is 20.0 Å². The molecule has 0 saturated carbocycles. The summed E-state index contributed by atoms with van der Waals surface area (Å²) in [4.78, 5) is 24.2. The molecule has 3 aromatic carbocycles. The number of halogens is 2. The van der Waals surface area contributed by atoms with Crippen LogP contribution in [0, 0.1) is 5.82 Å². The zero-order chi connectivity index (χ0) is 25.5. The maximum Gasteiger partial charge on any atom is 0.344 e. The van der Waals surface area contributed by atoms with Gasteiger partial charge in [0.2, 0.25) is 6.61 Å². The average Bonchev–Trinajstić information content (AvgIpc) is 2.87. The Balaban J connectivity index is 1.55. The molecular weight excluding hydrogens is 578 g/mol. The molecule has 4 aromatic rings. The topological polar surface area (TPSA) is 106 Å². The van der Waals surface area contributed by atoms with E-state index in [0.717, 1.165) is 39.0 Å². The second-order valence-corrected chi connectivity index (χ2v) is 8.56. The molecule has 0 radical (unpaired) electrons. The smallest absolute Gasteiger partial charge is 0.344 e. The van der Waals surface area contributed by atoms with Crippen LogP contribution < -0.4 is 10.1 Å². The van der Waals surface area contributed by atoms with Gasteiger partial charge in [0.1, 0.15) is 30.3 Å². The van der Waals surface area contributed by atoms with Gasteiger partial charge in [-0.1, -0.05) is 45.9 Å². The number of nitrogens with zero attached hydrogens (tertiary/aromatic N) is 3. The van der Waals surface area contributed by atoms with Crippen LogP contribution in [0.3, 0.4) is 0 Å². The molecule has 0 fully saturated rings. The van der Waals surface area contributed by atoms with Crippen LogP contribution in [-0.4, -0.2) is 33.4 Å². The van der Waals surface area contributed by atoms with Gasteiger partial charge in [-0.2, -0.15) is 0 Å². The maximum atomic E-state index is 13.5. The number of anilines is 2. The van der Waals surface area contributed by atoms with E-state index in [0.29, 0.717) is 16.0 Å². The van der Waals surface area contributed by atoms with Gasteiger partial charge in [0.05, 0.1) is 11.2 Å². The highest BCUT2D eigenvalue weighted by atomic mass is 127. The minimum absolute atomic E-state index is 0.268. The number of alkyl halides is 1. The number of carboxylic acid groups (broad SMARTS) is 1. The molecular formula is C26H22FIN4O4. The Bertz CT molecular complexity index is 1430. The van der Waals surface area contributed by atoms with Crippen LogP contribution in [0.15, 0.2) is 72.1 Å². The number of aromatic nitrogens is 2. The minimum atomic E-state index is -1.10. The molecule has 0 bridgehead atoms. The number of oxime groups is 1. The van der Waals surface area contributed by atoms with Crippen LogP contribution in [0.5, 0.6) is 5.75 Å². The maximum absolute atomic E-state index is 13.5. The molecule has 0 aliphatic carbocycles. The number of hydrogen-bond donors (Lipinski definition) is 2. The third-order valence-corrected chi connectivity index (χ3v) is 6.01. The molecule has 0 amide bonds. The Morgan fingerprint density at radius 2 is 2.00 bits per heavy atom. The Hall–Kier alpha value is -3.80. The molecule has 0 aliphatic heterocycles. The van der Waals surface area contributed by atoms with Crippen molar-refractivity contribution in [3.8, 4) is 5.75 Å². The molecule has 2 N–H and O–H groups in total. The number of carboxylic acids is 1. The number of fused-ring (bicyclic) bond motifs is 1. The summed E-state index contributed by atoms with van der Waals surface area (Å²) in [6.45, 7) is 1.49. The van der Waals surface area contributed by atoms with E-state index in [9.17, 15) is 9.18 Å². The lowest BCUT2D eigenvalue weighted by Crippen LogP contribution is -2.05. The van der Waals surface area contributed by atoms with Crippen LogP contribution in [0.2, 0.25) is 0 Å². The van der Waals surface area contributed by atoms with Crippen molar-refractivity contribution in [2.45, 2.75) is 18.0 Å². The number of benzene rings is 3. The fraction of sp³-hybridized carbons (Fsp3) is 0.154. The highest BCUT2D eigenvalue weighted by Gasteiger charge is 2.10. The minimum Gasteiger partial charge on any atom is -0.489 e. The lowest BCUT2D eigenvalue weighted by molar-refractivity contribution is -0.142. The van der Waals surface area contributed by atoms with Crippen molar-refractivity contribution in [1.29, 1.82) is 0 Å². The zero-order valence-corrected chi connectivity index (χ0v) is 21.4. The predicted molar refractivity (Wildman–Crippen MR) is 144 cm³/mol. The van der Waals surface area contributed by atoms with Crippen LogP contribution >= 0.6 is 22.6 Å². The highest BCUT2D eigenvalue weighted by Crippen LogP contribution is 2.29. The highest BCUT2D eigenvalue weighted by molar-refractivity contribution is 14.1. The average molecular weight is 600 g/mol. The van der Waals surface area contributed by atoms with E-state index >= 15 is 0 Å². The predicted octanol–water partition coefficient (Wildman–Crippen LogP) is 5.85. The van der Waals surface area contributed by atoms with Crippen molar-refractivity contribution in [2.24, 2.45) is 5.16 Å². The molecule has 1 aromatic heterocycles. The van der Waals surface area contributed by atoms with Crippen LogP contribution in [0.1, 0.15) is 23.6 Å². The van der Waals surface area contributed by atoms with E-state index in [1.807, 2.05) is 42.5 Å². The quantitative estimate of drug-likeness (QED) is 0.102. The number of ether oxygens (including phenoxy) is 1. The van der Waals surface area contributed by atoms with Crippen LogP contribution in [-0.2, 0) is 20.7 Å². The van der Waals surface area contributed by atoms with Gasteiger partial charge in [-0.15, -0.1) is 0 Å². The van der Waals surface area contributed by atoms with E-state index < -0.39 is 12.6 Å². The molecule has 8 nitrogen and oxygen atoms in total. The molecule has 10 heteroatoms. The third-order valence-electron chi connectivity index (χ3n) is 5.19. The van der Waals surface area contributed by atoms with Crippen molar-refractivity contribution in [3.63, 3.8) is 0 Å². The van der Waals surface area contributed by atoms with Crippen LogP contribution in [0.25, 0.3) is 10.9 Å². The molecule has 0 saturated heterocycles. The lowest BCUT2D eigenvalue weighted by Gasteiger charge is -2.14. The van der Waals surface area contributed by atoms with Crippen molar-refractivity contribution in [1.82, 2.24) is 9.97 Å². The van der Waals surface area contributed by atoms with E-state index in [2.05, 4.69) is 43.0 Å². The molecule has 0 aliphatic rings. The van der Waals surface area contributed by atoms with E-state index in [4.69, 9.17) is 14.7 Å². The summed E-state index contributed by atoms with van der Waals surface area (Å²) in [5.74, 6) is -0.0587. The van der Waals surface area contributed by atoms with Crippen molar-refractivity contribution < 1.29 is 23.9 Å². The second-order valence-electron chi connectivity index (χ2n) is 7.80. The van der Waals surface area contributed by atoms with Crippen molar-refractivity contribution in [2.75, 3.05) is 11.9 Å². The summed E-state index contributed by atoms with van der Waals surface area (Å²) >= 11 is 2.27. The molecule has 4 rings (SSSR count). The van der Waals surface area contributed by atoms with Gasteiger partial charge in [-0.25, -0.2) is 19.2 Å². The second kappa shape index (κ2) is 11.8. The number of carbonyl (C=O) groups is 1. The largest absolute Gasteiger partial charge is 0.489 e. The van der Waals surface area contributed by atoms with E-state index in [1.165, 1.54) is 18.5 Å². The summed E-state index contributed by atoms with van der Waals surface area (Å²) < 4.78 is 20.1. The van der Waals surface area contributed by atoms with Crippen molar-refractivity contribution >= 4 is 56.7 Å². The molecule has 0 unspecified atom stereocenters. The SMILES string of the molecule is C/C(=N\OCC(=O)O)c1ccc2ncnc(Nc3ccc(OCc4cccc(F)c4)c(CI)c3)c2c1. The summed E-state index contributed by atoms with van der Waals surface area (Å²) in [6, 6.07) is 17.6. The van der Waals surface area contributed by atoms with E-state index in [-0.39, 0.29) is 12.4 Å². The number of hydrogen-bond acceptors (Lipinski definition) is 7. The summed E-state index contributed by atoms with van der Waals surface area (Å²) in [6.07, 6.45) is 1.48. The number of rotatable bonds is 10. The monoisotopic (exact) mass is 600 g/mol. The van der Waals surface area contributed by atoms with E-state index in [1.54, 1.807) is 13.0 Å². The van der Waals surface area contributed by atoms with Gasteiger partial charge in [0.15, 0.2) is 0 Å². The van der Waals surface area contributed by atoms with Gasteiger partial charge in [-0.3, -0.25) is 0 Å². The Labute approximate surface area is 220 Å². The summed E-state index contributed by atoms with van der Waals surface area (Å²) in [5, 5.41) is 16.7. The molecule has 0 atom stereocenters. The lowest BCUT2D eigenvalue weighted by atomic mass is 10.1. The summed E-state index contributed by atoms with van der Waals surface area (Å²) in [5.41, 5.74) is 4.57.